The Hall–Kier alpha value is -3.00. The Kier molecular flexibility index (Phi) is 5.19. The third-order valence-corrected chi connectivity index (χ3v) is 5.18. The van der Waals surface area contributed by atoms with Crippen molar-refractivity contribution >= 4 is 11.0 Å². The summed E-state index contributed by atoms with van der Waals surface area (Å²) in [4.78, 5) is 15.0. The lowest BCUT2D eigenvalue weighted by atomic mass is 10.1. The molecule has 1 aliphatic rings. The van der Waals surface area contributed by atoms with Gasteiger partial charge in [0.25, 0.3) is 5.76 Å². The van der Waals surface area contributed by atoms with Crippen LogP contribution in [0, 0.1) is 6.92 Å². The number of benzene rings is 2. The molecular weight excluding hydrogens is 399 g/mol. The van der Waals surface area contributed by atoms with E-state index in [0.717, 1.165) is 31.5 Å². The van der Waals surface area contributed by atoms with E-state index in [1.54, 1.807) is 12.1 Å². The molecule has 5 nitrogen and oxygen atoms in total. The second-order valence-electron chi connectivity index (χ2n) is 7.43. The van der Waals surface area contributed by atoms with Gasteiger partial charge < -0.3 is 14.3 Å². The maximum absolute atomic E-state index is 13.8. The molecule has 158 valence electrons. The lowest BCUT2D eigenvalue weighted by Crippen LogP contribution is -2.20. The first kappa shape index (κ1) is 20.3. The molecule has 2 heterocycles. The largest absolute Gasteiger partial charge is 0.507 e. The Balaban J connectivity index is 1.89. The van der Waals surface area contributed by atoms with Crippen LogP contribution in [0.5, 0.6) is 17.2 Å². The highest BCUT2D eigenvalue weighted by atomic mass is 19.4. The normalized spacial score (nSPS) is 15.1. The number of rotatable bonds is 4. The van der Waals surface area contributed by atoms with E-state index < -0.39 is 23.1 Å². The van der Waals surface area contributed by atoms with Crippen LogP contribution in [0.2, 0.25) is 0 Å². The van der Waals surface area contributed by atoms with Gasteiger partial charge in [-0.15, -0.1) is 0 Å². The molecule has 1 saturated heterocycles. The molecule has 0 bridgehead atoms. The maximum atomic E-state index is 13.8. The van der Waals surface area contributed by atoms with Crippen LogP contribution >= 0.6 is 0 Å². The average Bonchev–Trinajstić information content (AvgIpc) is 3.20. The van der Waals surface area contributed by atoms with Gasteiger partial charge in [0.15, 0.2) is 0 Å². The van der Waals surface area contributed by atoms with Gasteiger partial charge >= 0.3 is 6.18 Å². The Labute approximate surface area is 170 Å². The number of hydrogen-bond acceptors (Lipinski definition) is 5. The number of nitrogens with zero attached hydrogens (tertiary/aromatic N) is 1. The molecule has 1 aliphatic heterocycles. The Bertz CT molecular complexity index is 1130. The fourth-order valence-electron chi connectivity index (χ4n) is 3.61. The molecule has 8 heteroatoms. The highest BCUT2D eigenvalue weighted by Crippen LogP contribution is 2.40. The zero-order valence-electron chi connectivity index (χ0n) is 16.3. The number of hydrogen-bond donors (Lipinski definition) is 1. The van der Waals surface area contributed by atoms with Crippen molar-refractivity contribution in [2.45, 2.75) is 32.5 Å². The zero-order valence-corrected chi connectivity index (χ0v) is 16.3. The fourth-order valence-corrected chi connectivity index (χ4v) is 3.61. The highest BCUT2D eigenvalue weighted by molar-refractivity contribution is 5.83. The molecule has 1 aromatic heterocycles. The third kappa shape index (κ3) is 3.87. The zero-order chi connectivity index (χ0) is 21.5. The molecule has 30 heavy (non-hydrogen) atoms. The molecule has 0 saturated carbocycles. The predicted octanol–water partition coefficient (Wildman–Crippen LogP) is 5.21. The Morgan fingerprint density at radius 2 is 1.77 bits per heavy atom. The van der Waals surface area contributed by atoms with Gasteiger partial charge in [0.2, 0.25) is 11.2 Å². The van der Waals surface area contributed by atoms with Crippen LogP contribution < -0.4 is 10.2 Å². The first-order valence-corrected chi connectivity index (χ1v) is 9.60. The first-order chi connectivity index (χ1) is 14.2. The molecule has 0 atom stereocenters. The molecule has 0 spiro atoms. The summed E-state index contributed by atoms with van der Waals surface area (Å²) >= 11 is 0. The molecule has 0 unspecified atom stereocenters. The highest BCUT2D eigenvalue weighted by Gasteiger charge is 2.41. The molecule has 4 rings (SSSR count). The number of likely N-dealkylation sites (tertiary alicyclic amines) is 1. The summed E-state index contributed by atoms with van der Waals surface area (Å²) < 4.78 is 51.9. The van der Waals surface area contributed by atoms with Crippen molar-refractivity contribution in [3.63, 3.8) is 0 Å². The fraction of sp³-hybridized carbons (Fsp3) is 0.318. The van der Waals surface area contributed by atoms with Crippen molar-refractivity contribution in [1.82, 2.24) is 4.90 Å². The van der Waals surface area contributed by atoms with E-state index in [-0.39, 0.29) is 34.6 Å². The standard InChI is InChI=1S/C22H20F3NO4/c1-13-4-6-14(7-5-13)29-20-18(28)15-8-9-17(27)16(12-26-10-2-3-11-26)19(15)30-21(20)22(23,24)25/h4-9,27H,2-3,10-12H2,1H3. The number of aryl methyl sites for hydroxylation is 1. The van der Waals surface area contributed by atoms with E-state index in [1.165, 1.54) is 24.3 Å². The summed E-state index contributed by atoms with van der Waals surface area (Å²) in [6.07, 6.45) is -3.01. The molecule has 0 aliphatic carbocycles. The quantitative estimate of drug-likeness (QED) is 0.629. The van der Waals surface area contributed by atoms with E-state index in [2.05, 4.69) is 0 Å². The van der Waals surface area contributed by atoms with Gasteiger partial charge in [-0.3, -0.25) is 9.69 Å². The van der Waals surface area contributed by atoms with Crippen molar-refractivity contribution in [3.05, 3.63) is 63.5 Å². The van der Waals surface area contributed by atoms with Crippen molar-refractivity contribution in [2.24, 2.45) is 0 Å². The van der Waals surface area contributed by atoms with Crippen LogP contribution in [-0.4, -0.2) is 23.1 Å². The number of fused-ring (bicyclic) bond motifs is 1. The van der Waals surface area contributed by atoms with Gasteiger partial charge in [-0.05, 0) is 57.1 Å². The van der Waals surface area contributed by atoms with Crippen LogP contribution in [0.4, 0.5) is 13.2 Å². The van der Waals surface area contributed by atoms with Gasteiger partial charge in [-0.2, -0.15) is 13.2 Å². The second kappa shape index (κ2) is 7.68. The van der Waals surface area contributed by atoms with E-state index >= 15 is 0 Å². The number of halogens is 3. The molecule has 0 radical (unpaired) electrons. The second-order valence-corrected chi connectivity index (χ2v) is 7.43. The van der Waals surface area contributed by atoms with E-state index in [4.69, 9.17) is 9.15 Å². The van der Waals surface area contributed by atoms with Crippen LogP contribution in [0.25, 0.3) is 11.0 Å². The van der Waals surface area contributed by atoms with Crippen molar-refractivity contribution in [3.8, 4) is 17.2 Å². The number of alkyl halides is 3. The SMILES string of the molecule is Cc1ccc(Oc2c(C(F)(F)F)oc3c(CN4CCCC4)c(O)ccc3c2=O)cc1. The number of phenolic OH excluding ortho intramolecular Hbond substituents is 1. The monoisotopic (exact) mass is 419 g/mol. The van der Waals surface area contributed by atoms with Crippen LogP contribution in [0.3, 0.4) is 0 Å². The average molecular weight is 419 g/mol. The Morgan fingerprint density at radius 1 is 1.10 bits per heavy atom. The molecule has 1 N–H and O–H groups in total. The molecular formula is C22H20F3NO4. The van der Waals surface area contributed by atoms with Gasteiger partial charge in [0, 0.05) is 6.54 Å². The van der Waals surface area contributed by atoms with Crippen molar-refractivity contribution in [1.29, 1.82) is 0 Å². The van der Waals surface area contributed by atoms with Crippen LogP contribution in [0.1, 0.15) is 29.7 Å². The van der Waals surface area contributed by atoms with Crippen LogP contribution in [-0.2, 0) is 12.7 Å². The number of aromatic hydroxyl groups is 1. The summed E-state index contributed by atoms with van der Waals surface area (Å²) in [6.45, 7) is 3.55. The van der Waals surface area contributed by atoms with E-state index in [1.807, 2.05) is 11.8 Å². The lowest BCUT2D eigenvalue weighted by Gasteiger charge is -2.18. The minimum atomic E-state index is -4.95. The molecule has 0 amide bonds. The van der Waals surface area contributed by atoms with E-state index in [0.29, 0.717) is 0 Å². The van der Waals surface area contributed by atoms with Crippen molar-refractivity contribution in [2.75, 3.05) is 13.1 Å². The first-order valence-electron chi connectivity index (χ1n) is 9.60. The molecule has 1 fully saturated rings. The minimum Gasteiger partial charge on any atom is -0.507 e. The number of phenols is 1. The summed E-state index contributed by atoms with van der Waals surface area (Å²) in [5, 5.41) is 10.2. The van der Waals surface area contributed by atoms with Crippen molar-refractivity contribution < 1.29 is 27.4 Å². The van der Waals surface area contributed by atoms with Gasteiger partial charge in [-0.25, -0.2) is 0 Å². The summed E-state index contributed by atoms with van der Waals surface area (Å²) in [5.74, 6) is -2.56. The third-order valence-electron chi connectivity index (χ3n) is 5.18. The summed E-state index contributed by atoms with van der Waals surface area (Å²) in [5.41, 5.74) is -0.146. The lowest BCUT2D eigenvalue weighted by molar-refractivity contribution is -0.154. The Morgan fingerprint density at radius 3 is 2.40 bits per heavy atom. The maximum Gasteiger partial charge on any atom is 0.453 e. The van der Waals surface area contributed by atoms with Crippen LogP contribution in [0.15, 0.2) is 45.6 Å². The topological polar surface area (TPSA) is 62.9 Å². The van der Waals surface area contributed by atoms with E-state index in [9.17, 15) is 23.1 Å². The molecule has 3 aromatic rings. The summed E-state index contributed by atoms with van der Waals surface area (Å²) in [7, 11) is 0. The number of ether oxygens (including phenoxy) is 1. The predicted molar refractivity (Wildman–Crippen MR) is 105 cm³/mol. The summed E-state index contributed by atoms with van der Waals surface area (Å²) in [6, 6.07) is 8.85. The van der Waals surface area contributed by atoms with Gasteiger partial charge in [0.05, 0.1) is 10.9 Å². The smallest absolute Gasteiger partial charge is 0.453 e. The van der Waals surface area contributed by atoms with Gasteiger partial charge in [0.1, 0.15) is 17.1 Å². The molecule has 2 aromatic carbocycles. The minimum absolute atomic E-state index is 0.0721. The van der Waals surface area contributed by atoms with Gasteiger partial charge in [-0.1, -0.05) is 17.7 Å².